The molecule has 0 saturated carbocycles. The number of carbonyl (C=O) groups excluding carboxylic acids is 2. The molecule has 8 nitrogen and oxygen atoms in total. The molecule has 0 saturated heterocycles. The van der Waals surface area contributed by atoms with Crippen LogP contribution in [0.4, 0.5) is 5.82 Å². The molecule has 1 amide bonds. The highest BCUT2D eigenvalue weighted by Crippen LogP contribution is 2.21. The summed E-state index contributed by atoms with van der Waals surface area (Å²) in [5.41, 5.74) is 10.7. The highest BCUT2D eigenvalue weighted by atomic mass is 16.5. The fourth-order valence-electron chi connectivity index (χ4n) is 1.46. The first kappa shape index (κ1) is 14.0. The molecule has 1 atom stereocenters. The summed E-state index contributed by atoms with van der Waals surface area (Å²) < 4.78 is 9.69. The third kappa shape index (κ3) is 3.20. The number of methoxy groups -OCH3 is 2. The van der Waals surface area contributed by atoms with E-state index < -0.39 is 12.0 Å². The van der Waals surface area contributed by atoms with Gasteiger partial charge in [-0.1, -0.05) is 0 Å². The van der Waals surface area contributed by atoms with Crippen LogP contribution < -0.4 is 11.5 Å². The molecule has 1 aromatic rings. The average Bonchev–Trinajstić information content (AvgIpc) is 2.72. The molecule has 5 N–H and O–H groups in total. The lowest BCUT2D eigenvalue weighted by Crippen LogP contribution is -2.14. The molecule has 18 heavy (non-hydrogen) atoms. The highest BCUT2D eigenvalue weighted by Gasteiger charge is 2.20. The van der Waals surface area contributed by atoms with Crippen LogP contribution in [0.15, 0.2) is 0 Å². The molecule has 100 valence electrons. The number of nitrogen functional groups attached to an aromatic ring is 1. The number of aromatic nitrogens is 2. The van der Waals surface area contributed by atoms with Crippen LogP contribution in [0, 0.1) is 0 Å². The van der Waals surface area contributed by atoms with Crippen molar-refractivity contribution >= 4 is 17.7 Å². The largest absolute Gasteiger partial charge is 0.469 e. The van der Waals surface area contributed by atoms with E-state index in [9.17, 15) is 9.59 Å². The summed E-state index contributed by atoms with van der Waals surface area (Å²) in [5, 5.41) is 0. The predicted octanol–water partition coefficient (Wildman–Crippen LogP) is -0.268. The minimum absolute atomic E-state index is 0.0117. The van der Waals surface area contributed by atoms with Crippen molar-refractivity contribution in [2.24, 2.45) is 5.73 Å². The van der Waals surface area contributed by atoms with Gasteiger partial charge in [0.1, 0.15) is 17.6 Å². The average molecular weight is 256 g/mol. The number of ether oxygens (including phenoxy) is 2. The number of nitrogens with zero attached hydrogens (tertiary/aromatic N) is 1. The van der Waals surface area contributed by atoms with Gasteiger partial charge in [-0.25, -0.2) is 4.98 Å². The van der Waals surface area contributed by atoms with Gasteiger partial charge in [0.15, 0.2) is 5.82 Å². The lowest BCUT2D eigenvalue weighted by molar-refractivity contribution is -0.141. The zero-order valence-electron chi connectivity index (χ0n) is 10.2. The first-order valence-corrected chi connectivity index (χ1v) is 5.24. The van der Waals surface area contributed by atoms with Crippen LogP contribution in [0.1, 0.15) is 35.3 Å². The molecule has 0 aromatic carbocycles. The van der Waals surface area contributed by atoms with E-state index in [1.807, 2.05) is 0 Å². The minimum atomic E-state index is -0.700. The van der Waals surface area contributed by atoms with Crippen molar-refractivity contribution in [3.05, 3.63) is 11.5 Å². The first-order valence-electron chi connectivity index (χ1n) is 5.24. The topological polar surface area (TPSA) is 133 Å². The normalized spacial score (nSPS) is 12.1. The summed E-state index contributed by atoms with van der Waals surface area (Å²) in [6, 6.07) is 0. The van der Waals surface area contributed by atoms with Crippen LogP contribution in [-0.2, 0) is 14.3 Å². The molecule has 1 rings (SSSR count). The SMILES string of the molecule is COC(=O)CCC(OC)c1nc(N)c(C(N)=O)[nH]1. The molecule has 0 spiro atoms. The number of imidazole rings is 1. The van der Waals surface area contributed by atoms with E-state index in [2.05, 4.69) is 14.7 Å². The van der Waals surface area contributed by atoms with Gasteiger partial charge in [-0.05, 0) is 6.42 Å². The van der Waals surface area contributed by atoms with Gasteiger partial charge in [0.05, 0.1) is 7.11 Å². The highest BCUT2D eigenvalue weighted by molar-refractivity contribution is 5.95. The molecular weight excluding hydrogens is 240 g/mol. The Labute approximate surface area is 104 Å². The number of carbonyl (C=O) groups is 2. The van der Waals surface area contributed by atoms with E-state index in [-0.39, 0.29) is 23.9 Å². The molecule has 0 bridgehead atoms. The van der Waals surface area contributed by atoms with Gasteiger partial charge in [0.25, 0.3) is 5.91 Å². The summed E-state index contributed by atoms with van der Waals surface area (Å²) >= 11 is 0. The van der Waals surface area contributed by atoms with Crippen molar-refractivity contribution in [2.75, 3.05) is 20.0 Å². The molecule has 1 aromatic heterocycles. The molecule has 1 heterocycles. The zero-order chi connectivity index (χ0) is 13.7. The van der Waals surface area contributed by atoms with Gasteiger partial charge in [0, 0.05) is 13.5 Å². The number of amides is 1. The summed E-state index contributed by atoms with van der Waals surface area (Å²) in [7, 11) is 2.77. The van der Waals surface area contributed by atoms with E-state index in [1.165, 1.54) is 14.2 Å². The first-order chi connectivity index (χ1) is 8.49. The van der Waals surface area contributed by atoms with Crippen LogP contribution in [0.25, 0.3) is 0 Å². The minimum Gasteiger partial charge on any atom is -0.469 e. The molecular formula is C10H16N4O4. The molecule has 0 aliphatic rings. The number of anilines is 1. The number of primary amides is 1. The van der Waals surface area contributed by atoms with E-state index in [4.69, 9.17) is 16.2 Å². The van der Waals surface area contributed by atoms with Crippen molar-refractivity contribution in [3.63, 3.8) is 0 Å². The number of H-pyrrole nitrogens is 1. The van der Waals surface area contributed by atoms with Crippen LogP contribution in [0.2, 0.25) is 0 Å². The monoisotopic (exact) mass is 256 g/mol. The van der Waals surface area contributed by atoms with E-state index in [1.54, 1.807) is 0 Å². The molecule has 8 heteroatoms. The third-order valence-electron chi connectivity index (χ3n) is 2.42. The predicted molar refractivity (Wildman–Crippen MR) is 62.5 cm³/mol. The number of aromatic amines is 1. The molecule has 0 fully saturated rings. The second-order valence-electron chi connectivity index (χ2n) is 3.59. The van der Waals surface area contributed by atoms with Crippen molar-refractivity contribution in [3.8, 4) is 0 Å². The van der Waals surface area contributed by atoms with Gasteiger partial charge >= 0.3 is 5.97 Å². The van der Waals surface area contributed by atoms with Gasteiger partial charge in [0.2, 0.25) is 0 Å². The van der Waals surface area contributed by atoms with Crippen LogP contribution >= 0.6 is 0 Å². The Hall–Kier alpha value is -2.09. The number of esters is 1. The fraction of sp³-hybridized carbons (Fsp3) is 0.500. The van der Waals surface area contributed by atoms with Crippen molar-refractivity contribution < 1.29 is 19.1 Å². The van der Waals surface area contributed by atoms with Gasteiger partial charge in [-0.15, -0.1) is 0 Å². The number of hydrogen-bond donors (Lipinski definition) is 3. The zero-order valence-corrected chi connectivity index (χ0v) is 10.2. The number of rotatable bonds is 6. The van der Waals surface area contributed by atoms with Gasteiger partial charge < -0.3 is 25.9 Å². The van der Waals surface area contributed by atoms with Crippen LogP contribution in [-0.4, -0.2) is 36.1 Å². The Kier molecular flexibility index (Phi) is 4.67. The molecule has 1 unspecified atom stereocenters. The van der Waals surface area contributed by atoms with Crippen molar-refractivity contribution in [1.82, 2.24) is 9.97 Å². The maximum absolute atomic E-state index is 11.0. The number of nitrogens with one attached hydrogen (secondary N) is 1. The maximum Gasteiger partial charge on any atom is 0.305 e. The Balaban J connectivity index is 2.79. The Bertz CT molecular complexity index is 443. The molecule has 0 aliphatic heterocycles. The fourth-order valence-corrected chi connectivity index (χ4v) is 1.46. The Morgan fingerprint density at radius 3 is 2.56 bits per heavy atom. The summed E-state index contributed by atoms with van der Waals surface area (Å²) in [6.45, 7) is 0. The van der Waals surface area contributed by atoms with E-state index in [0.29, 0.717) is 12.2 Å². The lowest BCUT2D eigenvalue weighted by Gasteiger charge is -2.11. The van der Waals surface area contributed by atoms with Crippen molar-refractivity contribution in [2.45, 2.75) is 18.9 Å². The summed E-state index contributed by atoms with van der Waals surface area (Å²) in [5.74, 6) is -0.689. The maximum atomic E-state index is 11.0. The lowest BCUT2D eigenvalue weighted by atomic mass is 10.2. The van der Waals surface area contributed by atoms with Crippen LogP contribution in [0.5, 0.6) is 0 Å². The van der Waals surface area contributed by atoms with Gasteiger partial charge in [-0.2, -0.15) is 0 Å². The molecule has 0 aliphatic carbocycles. The Morgan fingerprint density at radius 2 is 2.11 bits per heavy atom. The summed E-state index contributed by atoms with van der Waals surface area (Å²) in [4.78, 5) is 28.7. The second-order valence-corrected chi connectivity index (χ2v) is 3.59. The number of nitrogens with two attached hydrogens (primary N) is 2. The smallest absolute Gasteiger partial charge is 0.305 e. The number of hydrogen-bond acceptors (Lipinski definition) is 6. The Morgan fingerprint density at radius 1 is 1.44 bits per heavy atom. The standard InChI is InChI=1S/C10H16N4O4/c1-17-5(3-4-6(15)18-2)10-13-7(9(12)16)8(11)14-10/h5H,3-4,11H2,1-2H3,(H2,12,16)(H,13,14). The van der Waals surface area contributed by atoms with Crippen LogP contribution in [0.3, 0.4) is 0 Å². The van der Waals surface area contributed by atoms with E-state index >= 15 is 0 Å². The van der Waals surface area contributed by atoms with Gasteiger partial charge in [-0.3, -0.25) is 9.59 Å². The van der Waals surface area contributed by atoms with E-state index in [0.717, 1.165) is 0 Å². The molecule has 0 radical (unpaired) electrons. The summed E-state index contributed by atoms with van der Waals surface area (Å²) in [6.07, 6.45) is 0.0371. The van der Waals surface area contributed by atoms with Crippen molar-refractivity contribution in [1.29, 1.82) is 0 Å². The third-order valence-corrected chi connectivity index (χ3v) is 2.42. The quantitative estimate of drug-likeness (QED) is 0.600. The second kappa shape index (κ2) is 6.01.